The molecule has 0 saturated carbocycles. The predicted octanol–water partition coefficient (Wildman–Crippen LogP) is 3.47. The number of rotatable bonds is 5. The molecule has 2 heterocycles. The largest absolute Gasteiger partial charge is 0.442 e. The summed E-state index contributed by atoms with van der Waals surface area (Å²) in [4.78, 5) is 27.2. The molecule has 1 N–H and O–H groups in total. The van der Waals surface area contributed by atoms with Crippen LogP contribution < -0.4 is 15.1 Å². The van der Waals surface area contributed by atoms with E-state index in [9.17, 15) is 9.59 Å². The normalized spacial score (nSPS) is 19.9. The van der Waals surface area contributed by atoms with Crippen molar-refractivity contribution in [1.29, 1.82) is 0 Å². The second-order valence-electron chi connectivity index (χ2n) is 7.29. The van der Waals surface area contributed by atoms with Crippen LogP contribution in [0, 0.1) is 0 Å². The van der Waals surface area contributed by atoms with Crippen molar-refractivity contribution < 1.29 is 14.3 Å². The summed E-state index contributed by atoms with van der Waals surface area (Å²) in [5, 5.41) is 2.69. The number of benzene rings is 1. The van der Waals surface area contributed by atoms with Crippen molar-refractivity contribution in [3.63, 3.8) is 0 Å². The number of nitrogens with one attached hydrogen (secondary N) is 1. The average molecular weight is 371 g/mol. The topological polar surface area (TPSA) is 61.9 Å². The van der Waals surface area contributed by atoms with Crippen LogP contribution in [-0.4, -0.2) is 44.3 Å². The summed E-state index contributed by atoms with van der Waals surface area (Å²) in [6.45, 7) is 8.79. The highest BCUT2D eigenvalue weighted by atomic mass is 16.6. The first-order chi connectivity index (χ1) is 13.0. The number of hydrogen-bond acceptors (Lipinski definition) is 4. The van der Waals surface area contributed by atoms with E-state index in [1.54, 1.807) is 10.5 Å². The first-order valence-corrected chi connectivity index (χ1v) is 9.73. The van der Waals surface area contributed by atoms with Crippen LogP contribution in [0.2, 0.25) is 0 Å². The molecule has 2 aliphatic rings. The van der Waals surface area contributed by atoms with Gasteiger partial charge in [-0.1, -0.05) is 18.1 Å². The monoisotopic (exact) mass is 371 g/mol. The van der Waals surface area contributed by atoms with Gasteiger partial charge in [-0.3, -0.25) is 9.69 Å². The Balaban J connectivity index is 1.59. The Bertz CT molecular complexity index is 717. The molecule has 1 atom stereocenters. The van der Waals surface area contributed by atoms with Crippen LogP contribution in [0.5, 0.6) is 0 Å². The van der Waals surface area contributed by atoms with Crippen molar-refractivity contribution >= 4 is 23.4 Å². The summed E-state index contributed by atoms with van der Waals surface area (Å²) in [6, 6.07) is 8.09. The van der Waals surface area contributed by atoms with Gasteiger partial charge in [0.05, 0.1) is 13.1 Å². The first-order valence-electron chi connectivity index (χ1n) is 9.73. The van der Waals surface area contributed by atoms with Crippen molar-refractivity contribution in [1.82, 2.24) is 5.32 Å². The molecule has 6 nitrogen and oxygen atoms in total. The van der Waals surface area contributed by atoms with Crippen LogP contribution in [0.25, 0.3) is 0 Å². The number of carbonyl (C=O) groups excluding carboxylic acids is 2. The lowest BCUT2D eigenvalue weighted by molar-refractivity contribution is -0.119. The van der Waals surface area contributed by atoms with Gasteiger partial charge in [0.2, 0.25) is 5.91 Å². The van der Waals surface area contributed by atoms with Crippen LogP contribution in [0.15, 0.2) is 35.4 Å². The first kappa shape index (κ1) is 19.3. The van der Waals surface area contributed by atoms with Gasteiger partial charge in [-0.2, -0.15) is 0 Å². The molecule has 2 fully saturated rings. The number of cyclic esters (lactones) is 1. The minimum absolute atomic E-state index is 0.123. The zero-order valence-corrected chi connectivity index (χ0v) is 16.5. The quantitative estimate of drug-likeness (QED) is 0.805. The number of anilines is 2. The number of carbonyl (C=O) groups is 2. The van der Waals surface area contributed by atoms with E-state index < -0.39 is 0 Å². The highest BCUT2D eigenvalue weighted by Crippen LogP contribution is 2.28. The number of allylic oxidation sites excluding steroid dienone is 1. The van der Waals surface area contributed by atoms with Gasteiger partial charge in [-0.25, -0.2) is 4.79 Å². The highest BCUT2D eigenvalue weighted by Gasteiger charge is 2.32. The number of nitrogens with zero attached hydrogens (tertiary/aromatic N) is 2. The SMILES string of the molecule is CCC(C)=C1CCN(c2ccc(N3C[C@H](CNC(C)=O)OC3=O)cc2)CC1. The van der Waals surface area contributed by atoms with E-state index in [4.69, 9.17) is 4.74 Å². The fraction of sp³-hybridized carbons (Fsp3) is 0.524. The third-order valence-electron chi connectivity index (χ3n) is 5.48. The number of hydrogen-bond donors (Lipinski definition) is 1. The molecule has 1 aromatic carbocycles. The van der Waals surface area contributed by atoms with Crippen molar-refractivity contribution in [2.45, 2.75) is 46.1 Å². The molecule has 0 aliphatic carbocycles. The van der Waals surface area contributed by atoms with Crippen LogP contribution in [0.1, 0.15) is 40.0 Å². The molecule has 0 bridgehead atoms. The molecule has 0 aromatic heterocycles. The van der Waals surface area contributed by atoms with Gasteiger partial charge in [-0.05, 0) is 50.5 Å². The smallest absolute Gasteiger partial charge is 0.414 e. The van der Waals surface area contributed by atoms with Crippen LogP contribution in [-0.2, 0) is 9.53 Å². The zero-order chi connectivity index (χ0) is 19.4. The summed E-state index contributed by atoms with van der Waals surface area (Å²) in [5.41, 5.74) is 5.16. The van der Waals surface area contributed by atoms with Gasteiger partial charge in [0.15, 0.2) is 0 Å². The van der Waals surface area contributed by atoms with Gasteiger partial charge in [0.25, 0.3) is 0 Å². The van der Waals surface area contributed by atoms with Crippen LogP contribution in [0.4, 0.5) is 16.2 Å². The summed E-state index contributed by atoms with van der Waals surface area (Å²) in [5.74, 6) is -0.123. The van der Waals surface area contributed by atoms with Gasteiger partial charge >= 0.3 is 6.09 Å². The Morgan fingerprint density at radius 2 is 1.78 bits per heavy atom. The van der Waals surface area contributed by atoms with E-state index in [0.717, 1.165) is 38.0 Å². The Hall–Kier alpha value is -2.50. The van der Waals surface area contributed by atoms with E-state index in [0.29, 0.717) is 13.1 Å². The van der Waals surface area contributed by atoms with Crippen LogP contribution in [0.3, 0.4) is 0 Å². The Morgan fingerprint density at radius 1 is 1.15 bits per heavy atom. The summed E-state index contributed by atoms with van der Waals surface area (Å²) < 4.78 is 5.33. The number of piperidine rings is 1. The maximum absolute atomic E-state index is 12.1. The zero-order valence-electron chi connectivity index (χ0n) is 16.5. The molecule has 3 rings (SSSR count). The molecule has 6 heteroatoms. The Labute approximate surface area is 161 Å². The van der Waals surface area contributed by atoms with Gasteiger partial charge in [0, 0.05) is 31.4 Å². The predicted molar refractivity (Wildman–Crippen MR) is 107 cm³/mol. The highest BCUT2D eigenvalue weighted by molar-refractivity contribution is 5.90. The van der Waals surface area contributed by atoms with Crippen molar-refractivity contribution in [2.75, 3.05) is 36.0 Å². The molecule has 0 unspecified atom stereocenters. The Kier molecular flexibility index (Phi) is 6.04. The lowest BCUT2D eigenvalue weighted by Gasteiger charge is -2.31. The fourth-order valence-corrected chi connectivity index (χ4v) is 3.65. The summed E-state index contributed by atoms with van der Waals surface area (Å²) in [6.07, 6.45) is 2.73. The summed E-state index contributed by atoms with van der Waals surface area (Å²) in [7, 11) is 0. The van der Waals surface area contributed by atoms with Gasteiger partial charge < -0.3 is 15.0 Å². The van der Waals surface area contributed by atoms with E-state index in [1.165, 1.54) is 18.2 Å². The van der Waals surface area contributed by atoms with Gasteiger partial charge in [0.1, 0.15) is 6.10 Å². The molecule has 27 heavy (non-hydrogen) atoms. The second-order valence-corrected chi connectivity index (χ2v) is 7.29. The molecular formula is C21H29N3O3. The molecule has 2 amide bonds. The van der Waals surface area contributed by atoms with Crippen molar-refractivity contribution in [3.05, 3.63) is 35.4 Å². The maximum Gasteiger partial charge on any atom is 0.414 e. The number of amides is 2. The minimum atomic E-state index is -0.360. The maximum atomic E-state index is 12.1. The molecule has 1 aromatic rings. The lowest BCUT2D eigenvalue weighted by Crippen LogP contribution is -2.33. The minimum Gasteiger partial charge on any atom is -0.442 e. The summed E-state index contributed by atoms with van der Waals surface area (Å²) >= 11 is 0. The van der Waals surface area contributed by atoms with Gasteiger partial charge in [-0.15, -0.1) is 0 Å². The molecular weight excluding hydrogens is 342 g/mol. The third-order valence-corrected chi connectivity index (χ3v) is 5.48. The average Bonchev–Trinajstić information content (AvgIpc) is 3.06. The molecule has 146 valence electrons. The Morgan fingerprint density at radius 3 is 2.37 bits per heavy atom. The van der Waals surface area contributed by atoms with E-state index in [2.05, 4.69) is 36.2 Å². The second kappa shape index (κ2) is 8.46. The fourth-order valence-electron chi connectivity index (χ4n) is 3.65. The third kappa shape index (κ3) is 4.62. The standard InChI is InChI=1S/C21H29N3O3/c1-4-15(2)17-9-11-23(12-10-17)18-5-7-19(8-6-18)24-14-20(27-21(24)26)13-22-16(3)25/h5-8,20H,4,9-14H2,1-3H3,(H,22,25)/t20-/m0/s1. The van der Waals surface area contributed by atoms with E-state index in [1.807, 2.05) is 12.1 Å². The molecule has 0 radical (unpaired) electrons. The molecule has 2 saturated heterocycles. The van der Waals surface area contributed by atoms with E-state index in [-0.39, 0.29) is 18.1 Å². The number of ether oxygens (including phenoxy) is 1. The van der Waals surface area contributed by atoms with Crippen molar-refractivity contribution in [3.8, 4) is 0 Å². The lowest BCUT2D eigenvalue weighted by atomic mass is 9.97. The van der Waals surface area contributed by atoms with E-state index >= 15 is 0 Å². The molecule has 0 spiro atoms. The molecule has 2 aliphatic heterocycles. The van der Waals surface area contributed by atoms with Crippen molar-refractivity contribution in [2.24, 2.45) is 0 Å². The van der Waals surface area contributed by atoms with Crippen LogP contribution >= 0.6 is 0 Å².